The van der Waals surface area contributed by atoms with Gasteiger partial charge >= 0.3 is 6.03 Å². The van der Waals surface area contributed by atoms with Crippen molar-refractivity contribution in [2.24, 2.45) is 0 Å². The van der Waals surface area contributed by atoms with Crippen molar-refractivity contribution in [2.75, 3.05) is 5.32 Å². The fourth-order valence-electron chi connectivity index (χ4n) is 3.79. The monoisotopic (exact) mass is 459 g/mol. The summed E-state index contributed by atoms with van der Waals surface area (Å²) in [5, 5.41) is 4.49. The lowest BCUT2D eigenvalue weighted by Gasteiger charge is -2.23. The number of halogens is 1. The van der Waals surface area contributed by atoms with Crippen LogP contribution in [-0.4, -0.2) is 15.9 Å². The lowest BCUT2D eigenvalue weighted by Crippen LogP contribution is -2.35. The highest BCUT2D eigenvalue weighted by Crippen LogP contribution is 2.21. The van der Waals surface area contributed by atoms with Gasteiger partial charge in [-0.05, 0) is 67.8 Å². The number of amides is 2. The summed E-state index contributed by atoms with van der Waals surface area (Å²) in [5.41, 5.74) is 6.03. The largest absolute Gasteiger partial charge is 0.322 e. The molecule has 0 aliphatic carbocycles. The van der Waals surface area contributed by atoms with Crippen molar-refractivity contribution in [3.8, 4) is 0 Å². The molecule has 0 saturated heterocycles. The van der Waals surface area contributed by atoms with E-state index in [0.29, 0.717) is 22.8 Å². The average Bonchev–Trinajstić information content (AvgIpc) is 2.79. The van der Waals surface area contributed by atoms with Crippen LogP contribution < -0.4 is 10.9 Å². The Morgan fingerprint density at radius 2 is 1.58 bits per heavy atom. The van der Waals surface area contributed by atoms with Gasteiger partial charge in [-0.25, -0.2) is 4.79 Å². The van der Waals surface area contributed by atoms with E-state index in [1.165, 1.54) is 0 Å². The first kappa shape index (κ1) is 22.6. The normalized spacial score (nSPS) is 10.9. The zero-order chi connectivity index (χ0) is 23.5. The van der Waals surface area contributed by atoms with Gasteiger partial charge in [0.05, 0.1) is 12.1 Å². The van der Waals surface area contributed by atoms with Crippen LogP contribution in [0.25, 0.3) is 10.9 Å². The minimum absolute atomic E-state index is 0.173. The summed E-state index contributed by atoms with van der Waals surface area (Å²) in [6.07, 6.45) is 0. The van der Waals surface area contributed by atoms with E-state index >= 15 is 0 Å². The number of hydrogen-bond donors (Lipinski definition) is 2. The van der Waals surface area contributed by atoms with Crippen LogP contribution in [0, 0.1) is 20.8 Å². The van der Waals surface area contributed by atoms with Gasteiger partial charge in [-0.3, -0.25) is 4.79 Å². The average molecular weight is 460 g/mol. The predicted molar refractivity (Wildman–Crippen MR) is 135 cm³/mol. The first-order chi connectivity index (χ1) is 15.8. The van der Waals surface area contributed by atoms with Gasteiger partial charge in [0.15, 0.2) is 0 Å². The second-order valence-corrected chi connectivity index (χ2v) is 8.83. The Kier molecular flexibility index (Phi) is 6.52. The Morgan fingerprint density at radius 3 is 2.27 bits per heavy atom. The lowest BCUT2D eigenvalue weighted by atomic mass is 10.0. The Morgan fingerprint density at radius 1 is 0.909 bits per heavy atom. The molecular weight excluding hydrogens is 434 g/mol. The SMILES string of the molecule is Cc1ccc(CN(Cc2cc3c(C)ccc(C)c3[nH]c2=O)C(=O)Nc2ccc(Cl)cc2)cc1. The number of carbonyl (C=O) groups excluding carboxylic acids is 1. The number of benzene rings is 3. The highest BCUT2D eigenvalue weighted by atomic mass is 35.5. The standard InChI is InChI=1S/C27H26ClN3O2/c1-17-4-8-20(9-5-17)15-31(27(33)29-23-12-10-22(28)11-13-23)16-21-14-24-18(2)6-7-19(3)25(24)30-26(21)32/h4-14H,15-16H2,1-3H3,(H,29,33)(H,30,32). The number of fused-ring (bicyclic) bond motifs is 1. The fourth-order valence-corrected chi connectivity index (χ4v) is 3.92. The van der Waals surface area contributed by atoms with Crippen LogP contribution in [0.3, 0.4) is 0 Å². The highest BCUT2D eigenvalue weighted by molar-refractivity contribution is 6.30. The third-order valence-corrected chi connectivity index (χ3v) is 6.01. The van der Waals surface area contributed by atoms with Crippen LogP contribution in [0.4, 0.5) is 10.5 Å². The molecule has 5 nitrogen and oxygen atoms in total. The molecule has 6 heteroatoms. The molecule has 0 aliphatic heterocycles. The molecule has 4 aromatic rings. The van der Waals surface area contributed by atoms with Crippen LogP contribution in [0.2, 0.25) is 5.02 Å². The summed E-state index contributed by atoms with van der Waals surface area (Å²) in [6, 6.07) is 20.6. The Hall–Kier alpha value is -3.57. The van der Waals surface area contributed by atoms with Gasteiger partial charge in [0.1, 0.15) is 0 Å². The van der Waals surface area contributed by atoms with E-state index in [1.807, 2.05) is 63.2 Å². The number of rotatable bonds is 5. The van der Waals surface area contributed by atoms with Gasteiger partial charge in [0, 0.05) is 28.2 Å². The molecule has 0 spiro atoms. The minimum Gasteiger partial charge on any atom is -0.321 e. The zero-order valence-electron chi connectivity index (χ0n) is 18.9. The molecule has 1 aromatic heterocycles. The summed E-state index contributed by atoms with van der Waals surface area (Å²) in [5.74, 6) is 0. The molecule has 168 valence electrons. The van der Waals surface area contributed by atoms with Crippen molar-refractivity contribution >= 4 is 34.2 Å². The molecule has 2 N–H and O–H groups in total. The van der Waals surface area contributed by atoms with Gasteiger partial charge in [0.2, 0.25) is 0 Å². The van der Waals surface area contributed by atoms with Crippen LogP contribution >= 0.6 is 11.6 Å². The van der Waals surface area contributed by atoms with E-state index in [-0.39, 0.29) is 18.1 Å². The summed E-state index contributed by atoms with van der Waals surface area (Å²) in [7, 11) is 0. The third-order valence-electron chi connectivity index (χ3n) is 5.76. The Bertz CT molecular complexity index is 1360. The molecule has 0 radical (unpaired) electrons. The Labute approximate surface area is 198 Å². The van der Waals surface area contributed by atoms with Crippen molar-refractivity contribution in [3.63, 3.8) is 0 Å². The number of pyridine rings is 1. The number of H-pyrrole nitrogens is 1. The second kappa shape index (κ2) is 9.51. The molecule has 0 aliphatic rings. The van der Waals surface area contributed by atoms with E-state index < -0.39 is 0 Å². The van der Waals surface area contributed by atoms with E-state index in [0.717, 1.165) is 33.2 Å². The van der Waals surface area contributed by atoms with Crippen LogP contribution in [-0.2, 0) is 13.1 Å². The number of nitrogens with zero attached hydrogens (tertiary/aromatic N) is 1. The molecule has 33 heavy (non-hydrogen) atoms. The maximum Gasteiger partial charge on any atom is 0.322 e. The lowest BCUT2D eigenvalue weighted by molar-refractivity contribution is 0.206. The van der Waals surface area contributed by atoms with E-state index in [4.69, 9.17) is 11.6 Å². The molecule has 1 heterocycles. The van der Waals surface area contributed by atoms with Gasteiger partial charge in [-0.15, -0.1) is 0 Å². The van der Waals surface area contributed by atoms with Crippen molar-refractivity contribution in [1.82, 2.24) is 9.88 Å². The first-order valence-corrected chi connectivity index (χ1v) is 11.2. The van der Waals surface area contributed by atoms with Crippen molar-refractivity contribution in [3.05, 3.63) is 110 Å². The predicted octanol–water partition coefficient (Wildman–Crippen LogP) is 6.34. The minimum atomic E-state index is -0.293. The quantitative estimate of drug-likeness (QED) is 0.365. The van der Waals surface area contributed by atoms with E-state index in [9.17, 15) is 9.59 Å². The number of aryl methyl sites for hydroxylation is 3. The summed E-state index contributed by atoms with van der Waals surface area (Å²) < 4.78 is 0. The van der Waals surface area contributed by atoms with Crippen molar-refractivity contribution in [2.45, 2.75) is 33.9 Å². The van der Waals surface area contributed by atoms with Crippen LogP contribution in [0.15, 0.2) is 71.5 Å². The van der Waals surface area contributed by atoms with Gasteiger partial charge < -0.3 is 15.2 Å². The number of aromatic nitrogens is 1. The number of urea groups is 1. The van der Waals surface area contributed by atoms with Crippen LogP contribution in [0.1, 0.15) is 27.8 Å². The van der Waals surface area contributed by atoms with E-state index in [2.05, 4.69) is 10.3 Å². The molecule has 2 amide bonds. The molecular formula is C27H26ClN3O2. The Balaban J connectivity index is 1.68. The topological polar surface area (TPSA) is 65.2 Å². The number of aromatic amines is 1. The van der Waals surface area contributed by atoms with Crippen molar-refractivity contribution < 1.29 is 4.79 Å². The molecule has 3 aromatic carbocycles. The molecule has 0 bridgehead atoms. The fraction of sp³-hybridized carbons (Fsp3) is 0.185. The van der Waals surface area contributed by atoms with Gasteiger partial charge in [-0.1, -0.05) is 53.6 Å². The molecule has 0 atom stereocenters. The van der Waals surface area contributed by atoms with Crippen molar-refractivity contribution in [1.29, 1.82) is 0 Å². The number of nitrogens with one attached hydrogen (secondary N) is 2. The van der Waals surface area contributed by atoms with Gasteiger partial charge in [-0.2, -0.15) is 0 Å². The third kappa shape index (κ3) is 5.26. The number of anilines is 1. The molecule has 0 fully saturated rings. The van der Waals surface area contributed by atoms with Crippen LogP contribution in [0.5, 0.6) is 0 Å². The second-order valence-electron chi connectivity index (χ2n) is 8.39. The molecule has 0 saturated carbocycles. The van der Waals surface area contributed by atoms with Gasteiger partial charge in [0.25, 0.3) is 5.56 Å². The summed E-state index contributed by atoms with van der Waals surface area (Å²) in [6.45, 7) is 6.55. The first-order valence-electron chi connectivity index (χ1n) is 10.8. The smallest absolute Gasteiger partial charge is 0.321 e. The van der Waals surface area contributed by atoms with E-state index in [1.54, 1.807) is 29.2 Å². The summed E-state index contributed by atoms with van der Waals surface area (Å²) in [4.78, 5) is 30.8. The zero-order valence-corrected chi connectivity index (χ0v) is 19.7. The maximum absolute atomic E-state index is 13.2. The molecule has 0 unspecified atom stereocenters. The number of hydrogen-bond acceptors (Lipinski definition) is 2. The number of carbonyl (C=O) groups is 1. The summed E-state index contributed by atoms with van der Waals surface area (Å²) >= 11 is 5.97. The maximum atomic E-state index is 13.2. The highest BCUT2D eigenvalue weighted by Gasteiger charge is 2.18. The molecule has 4 rings (SSSR count).